The maximum absolute atomic E-state index is 13.4. The Balaban J connectivity index is 1.33. The van der Waals surface area contributed by atoms with Gasteiger partial charge in [0.05, 0.1) is 38.6 Å². The lowest BCUT2D eigenvalue weighted by Crippen LogP contribution is -2.66. The van der Waals surface area contributed by atoms with Gasteiger partial charge in [0.2, 0.25) is 5.91 Å². The van der Waals surface area contributed by atoms with Crippen molar-refractivity contribution in [3.05, 3.63) is 72.9 Å². The highest BCUT2D eigenvalue weighted by molar-refractivity contribution is 5.76. The zero-order chi connectivity index (χ0) is 66.8. The van der Waals surface area contributed by atoms with Gasteiger partial charge in [-0.2, -0.15) is 0 Å². The summed E-state index contributed by atoms with van der Waals surface area (Å²) in [5.74, 6) is -0.276. The molecule has 3 heterocycles. The summed E-state index contributed by atoms with van der Waals surface area (Å²) in [6.45, 7) is 1.61. The number of aliphatic hydroxyl groups is 11. The van der Waals surface area contributed by atoms with Crippen LogP contribution in [0.15, 0.2) is 72.9 Å². The number of allylic oxidation sites excluding steroid dienone is 11. The second-order valence-electron chi connectivity index (χ2n) is 25.7. The summed E-state index contributed by atoms with van der Waals surface area (Å²) in [6.07, 6.45) is 41.9. The first-order valence-corrected chi connectivity index (χ1v) is 36.2. The van der Waals surface area contributed by atoms with Crippen LogP contribution in [-0.2, 0) is 33.2 Å². The minimum Gasteiger partial charge on any atom is -0.394 e. The largest absolute Gasteiger partial charge is 0.394 e. The minimum absolute atomic E-state index is 0.243. The van der Waals surface area contributed by atoms with Gasteiger partial charge in [-0.1, -0.05) is 254 Å². The van der Waals surface area contributed by atoms with Gasteiger partial charge >= 0.3 is 0 Å². The van der Waals surface area contributed by atoms with Crippen LogP contribution in [0.2, 0.25) is 0 Å². The third-order valence-corrected chi connectivity index (χ3v) is 17.8. The molecule has 3 aliphatic rings. The fraction of sp³-hybridized carbons (Fsp3) is 0.822. The van der Waals surface area contributed by atoms with Gasteiger partial charge in [0.1, 0.15) is 73.2 Å². The number of carbonyl (C=O) groups is 1. The molecule has 0 radical (unpaired) electrons. The molecule has 0 saturated carbocycles. The molecule has 12 N–H and O–H groups in total. The van der Waals surface area contributed by atoms with Crippen LogP contribution in [0.3, 0.4) is 0 Å². The number of unbranched alkanes of at least 4 members (excludes halogenated alkanes) is 29. The quantitative estimate of drug-likeness (QED) is 0.0199. The topological polar surface area (TPSA) is 307 Å². The second-order valence-corrected chi connectivity index (χ2v) is 25.7. The molecule has 0 aromatic carbocycles. The highest BCUT2D eigenvalue weighted by Gasteiger charge is 2.53. The Hall–Kier alpha value is -2.77. The van der Waals surface area contributed by atoms with Crippen molar-refractivity contribution in [2.45, 2.75) is 356 Å². The summed E-state index contributed by atoms with van der Waals surface area (Å²) in [5.41, 5.74) is 0. The van der Waals surface area contributed by atoms with Crippen molar-refractivity contribution in [1.29, 1.82) is 0 Å². The van der Waals surface area contributed by atoms with E-state index in [-0.39, 0.29) is 18.9 Å². The van der Waals surface area contributed by atoms with E-state index in [0.29, 0.717) is 6.42 Å². The van der Waals surface area contributed by atoms with Crippen molar-refractivity contribution in [2.24, 2.45) is 0 Å². The molecule has 3 aliphatic heterocycles. The SMILES string of the molecule is CC/C=C\C/C=C\C/C=C\C/C=C\C/C=C\CCCCCCCCCCCCCCCCCCCCCC(=O)NC(COC1OC(CO)C(OC2OC(CO)C(OC3OC(CO)C(O)C(O)C3O)C(O)C2O)C(O)C1O)C(O)/C=C/CCCCCCCCCCCC. The van der Waals surface area contributed by atoms with Crippen molar-refractivity contribution in [3.8, 4) is 0 Å². The number of rotatable bonds is 55. The fourth-order valence-electron chi connectivity index (χ4n) is 11.9. The first-order chi connectivity index (χ1) is 44.8. The summed E-state index contributed by atoms with van der Waals surface area (Å²) in [7, 11) is 0. The summed E-state index contributed by atoms with van der Waals surface area (Å²) < 4.78 is 34.3. The number of nitrogens with one attached hydrogen (secondary N) is 1. The fourth-order valence-corrected chi connectivity index (χ4v) is 11.9. The Bertz CT molecular complexity index is 1950. The summed E-state index contributed by atoms with van der Waals surface area (Å²) in [4.78, 5) is 13.4. The van der Waals surface area contributed by atoms with Gasteiger partial charge < -0.3 is 89.9 Å². The molecule has 0 aromatic rings. The van der Waals surface area contributed by atoms with Crippen LogP contribution in [0.25, 0.3) is 0 Å². The monoisotopic (exact) mass is 1310 g/mol. The maximum Gasteiger partial charge on any atom is 0.220 e. The Morgan fingerprint density at radius 2 is 0.750 bits per heavy atom. The molecule has 0 aliphatic carbocycles. The second kappa shape index (κ2) is 54.3. The number of carbonyl (C=O) groups excluding carboxylic acids is 1. The number of hydrogen-bond donors (Lipinski definition) is 12. The minimum atomic E-state index is -1.98. The van der Waals surface area contributed by atoms with Crippen LogP contribution in [-0.4, -0.2) is 193 Å². The third-order valence-electron chi connectivity index (χ3n) is 17.8. The van der Waals surface area contributed by atoms with Gasteiger partial charge in [0.25, 0.3) is 0 Å². The van der Waals surface area contributed by atoms with Crippen molar-refractivity contribution in [1.82, 2.24) is 5.32 Å². The molecule has 3 saturated heterocycles. The normalized spacial score (nSPS) is 28.1. The smallest absolute Gasteiger partial charge is 0.220 e. The molecular formula is C73H129NO18. The van der Waals surface area contributed by atoms with Crippen LogP contribution >= 0.6 is 0 Å². The highest BCUT2D eigenvalue weighted by Crippen LogP contribution is 2.33. The number of amides is 1. The average molecular weight is 1310 g/mol. The molecule has 3 fully saturated rings. The van der Waals surface area contributed by atoms with Gasteiger partial charge in [-0.15, -0.1) is 0 Å². The van der Waals surface area contributed by atoms with Crippen LogP contribution in [0.5, 0.6) is 0 Å². The standard InChI is InChI=1S/C73H129NO18/c1-3-5-7-9-11-13-15-17-18-19-20-21-22-23-24-25-26-27-28-29-30-31-32-33-34-35-36-37-38-39-41-43-45-47-49-51-61(79)74-56(57(78)50-48-46-44-42-40-16-14-12-10-8-6-4-2)55-87-71-67(85)64(82)69(59(53-76)89-71)92-73-68(86)65(83)70(60(54-77)90-73)91-72-66(84)63(81)62(80)58(52-75)88-72/h5,7,11,13,17-18,20-21,23-24,48,50,56-60,62-73,75-78,80-86H,3-4,6,8-10,12,14-16,19,22,25-47,49,51-55H2,1-2H3,(H,74,79)/b7-5-,13-11-,18-17-,21-20-,24-23-,50-48+. The van der Waals surface area contributed by atoms with E-state index >= 15 is 0 Å². The van der Waals surface area contributed by atoms with Gasteiger partial charge in [0, 0.05) is 6.42 Å². The summed E-state index contributed by atoms with van der Waals surface area (Å²) in [5, 5.41) is 120. The van der Waals surface area contributed by atoms with Gasteiger partial charge in [-0.3, -0.25) is 4.79 Å². The average Bonchev–Trinajstić information content (AvgIpc) is 0.830. The van der Waals surface area contributed by atoms with E-state index in [2.05, 4.69) is 79.9 Å². The van der Waals surface area contributed by atoms with Gasteiger partial charge in [0.15, 0.2) is 18.9 Å². The van der Waals surface area contributed by atoms with Crippen LogP contribution in [0.1, 0.15) is 251 Å². The molecule has 0 aromatic heterocycles. The number of hydrogen-bond acceptors (Lipinski definition) is 18. The van der Waals surface area contributed by atoms with Gasteiger partial charge in [-0.05, 0) is 64.2 Å². The molecule has 1 amide bonds. The third kappa shape index (κ3) is 35.5. The Morgan fingerprint density at radius 1 is 0.402 bits per heavy atom. The molecule has 19 nitrogen and oxygen atoms in total. The highest BCUT2D eigenvalue weighted by atomic mass is 16.8. The van der Waals surface area contributed by atoms with Crippen molar-refractivity contribution >= 4 is 5.91 Å². The van der Waals surface area contributed by atoms with Crippen LogP contribution in [0.4, 0.5) is 0 Å². The Kier molecular flexibility index (Phi) is 49.2. The first kappa shape index (κ1) is 83.5. The zero-order valence-electron chi connectivity index (χ0n) is 56.5. The molecule has 19 heteroatoms. The lowest BCUT2D eigenvalue weighted by atomic mass is 9.96. The van der Waals surface area contributed by atoms with E-state index in [1.165, 1.54) is 148 Å². The molecule has 0 bridgehead atoms. The molecule has 534 valence electrons. The molecule has 3 rings (SSSR count). The number of ether oxygens (including phenoxy) is 6. The van der Waals surface area contributed by atoms with E-state index in [4.69, 9.17) is 28.4 Å². The first-order valence-electron chi connectivity index (χ1n) is 36.2. The van der Waals surface area contributed by atoms with E-state index in [1.54, 1.807) is 6.08 Å². The lowest BCUT2D eigenvalue weighted by molar-refractivity contribution is -0.379. The molecular weight excluding hydrogens is 1180 g/mol. The predicted molar refractivity (Wildman–Crippen MR) is 360 cm³/mol. The number of aliphatic hydroxyl groups excluding tert-OH is 11. The molecule has 92 heavy (non-hydrogen) atoms. The van der Waals surface area contributed by atoms with Crippen LogP contribution in [0, 0.1) is 0 Å². The molecule has 17 atom stereocenters. The van der Waals surface area contributed by atoms with Gasteiger partial charge in [-0.25, -0.2) is 0 Å². The summed E-state index contributed by atoms with van der Waals surface area (Å²) >= 11 is 0. The zero-order valence-corrected chi connectivity index (χ0v) is 56.5. The predicted octanol–water partition coefficient (Wildman–Crippen LogP) is 10.1. The Morgan fingerprint density at radius 3 is 1.17 bits per heavy atom. The van der Waals surface area contributed by atoms with E-state index in [9.17, 15) is 61.0 Å². The molecule has 0 spiro atoms. The van der Waals surface area contributed by atoms with Crippen molar-refractivity contribution in [3.63, 3.8) is 0 Å². The van der Waals surface area contributed by atoms with Crippen molar-refractivity contribution in [2.75, 3.05) is 26.4 Å². The summed E-state index contributed by atoms with van der Waals surface area (Å²) in [6, 6.07) is -0.973. The van der Waals surface area contributed by atoms with Crippen LogP contribution < -0.4 is 5.32 Å². The molecule has 17 unspecified atom stereocenters. The Labute approximate surface area is 553 Å². The van der Waals surface area contributed by atoms with E-state index in [0.717, 1.165) is 77.0 Å². The van der Waals surface area contributed by atoms with E-state index in [1.807, 2.05) is 6.08 Å². The van der Waals surface area contributed by atoms with E-state index < -0.39 is 124 Å². The maximum atomic E-state index is 13.4. The lowest BCUT2D eigenvalue weighted by Gasteiger charge is -2.48. The van der Waals surface area contributed by atoms with Crippen molar-refractivity contribution < 1.29 is 89.4 Å².